The highest BCUT2D eigenvalue weighted by Crippen LogP contribution is 2.30. The molecule has 164 valence electrons. The van der Waals surface area contributed by atoms with E-state index < -0.39 is 17.5 Å². The Morgan fingerprint density at radius 3 is 2.52 bits per heavy atom. The lowest BCUT2D eigenvalue weighted by molar-refractivity contribution is -0.131. The van der Waals surface area contributed by atoms with Crippen LogP contribution in [-0.4, -0.2) is 55.1 Å². The number of urea groups is 1. The smallest absolute Gasteiger partial charge is 0.346 e. The number of ether oxygens (including phenoxy) is 1. The number of rotatable bonds is 8. The van der Waals surface area contributed by atoms with Crippen molar-refractivity contribution in [2.45, 2.75) is 26.3 Å². The molecule has 1 aliphatic heterocycles. The number of likely N-dealkylation sites (N-methyl/N-ethyl adjacent to an activating group) is 1. The molecule has 1 saturated heterocycles. The summed E-state index contributed by atoms with van der Waals surface area (Å²) in [5.74, 6) is 0.215. The van der Waals surface area contributed by atoms with Gasteiger partial charge in [-0.2, -0.15) is 5.10 Å². The predicted octanol–water partition coefficient (Wildman–Crippen LogP) is 2.62. The highest BCUT2D eigenvalue weighted by molar-refractivity contribution is 6.07. The number of carbonyl (C=O) groups excluding carboxylic acids is 2. The number of nitrogens with one attached hydrogen (secondary N) is 1. The largest absolute Gasteiger partial charge is 0.497 e. The Balaban J connectivity index is 1.80. The van der Waals surface area contributed by atoms with Crippen molar-refractivity contribution < 1.29 is 19.4 Å². The van der Waals surface area contributed by atoms with Gasteiger partial charge in [0.25, 0.3) is 5.91 Å². The minimum absolute atomic E-state index is 0.0786. The number of imide groups is 1. The molecule has 0 aromatic heterocycles. The van der Waals surface area contributed by atoms with Crippen molar-refractivity contribution in [1.82, 2.24) is 10.3 Å². The SMILES string of the molecule is CCN(CCO)c1ccc(/C=N\N2C(=O)N[C@@](C)(c3ccc(OC)cc3)C2=O)c(C)c1. The predicted molar refractivity (Wildman–Crippen MR) is 119 cm³/mol. The number of aliphatic hydroxyl groups is 1. The molecule has 8 heteroatoms. The summed E-state index contributed by atoms with van der Waals surface area (Å²) >= 11 is 0. The molecule has 0 bridgehead atoms. The summed E-state index contributed by atoms with van der Waals surface area (Å²) in [7, 11) is 1.57. The van der Waals surface area contributed by atoms with Crippen LogP contribution < -0.4 is 15.0 Å². The molecule has 2 aromatic carbocycles. The van der Waals surface area contributed by atoms with Crippen LogP contribution in [0.5, 0.6) is 5.75 Å². The average molecular weight is 425 g/mol. The first kappa shape index (κ1) is 22.3. The Bertz CT molecular complexity index is 990. The third-order valence-corrected chi connectivity index (χ3v) is 5.52. The molecular formula is C23H28N4O4. The van der Waals surface area contributed by atoms with Gasteiger partial charge in [0.2, 0.25) is 0 Å². The number of carbonyl (C=O) groups is 2. The molecule has 1 aliphatic rings. The van der Waals surface area contributed by atoms with Gasteiger partial charge in [-0.15, -0.1) is 5.01 Å². The maximum absolute atomic E-state index is 13.0. The fraction of sp³-hybridized carbons (Fsp3) is 0.348. The summed E-state index contributed by atoms with van der Waals surface area (Å²) in [5.41, 5.74) is 2.18. The zero-order chi connectivity index (χ0) is 22.6. The second kappa shape index (κ2) is 9.18. The van der Waals surface area contributed by atoms with Crippen LogP contribution in [0.3, 0.4) is 0 Å². The Labute approximate surface area is 182 Å². The molecule has 1 atom stereocenters. The quantitative estimate of drug-likeness (QED) is 0.502. The van der Waals surface area contributed by atoms with Crippen molar-refractivity contribution in [3.05, 3.63) is 59.2 Å². The molecule has 0 saturated carbocycles. The second-order valence-electron chi connectivity index (χ2n) is 7.49. The number of hydrogen-bond acceptors (Lipinski definition) is 6. The molecule has 31 heavy (non-hydrogen) atoms. The standard InChI is InChI=1S/C23H28N4O4/c1-5-26(12-13-28)19-9-6-17(16(2)14-19)15-24-27-21(29)23(3,25-22(27)30)18-7-10-20(31-4)11-8-18/h6-11,14-15,28H,5,12-13H2,1-4H3,(H,25,30)/b24-15-/t23-/m0/s1. The van der Waals surface area contributed by atoms with E-state index in [-0.39, 0.29) is 6.61 Å². The van der Waals surface area contributed by atoms with Crippen LogP contribution in [0.15, 0.2) is 47.6 Å². The summed E-state index contributed by atoms with van der Waals surface area (Å²) in [4.78, 5) is 27.6. The maximum Gasteiger partial charge on any atom is 0.346 e. The van der Waals surface area contributed by atoms with Crippen molar-refractivity contribution in [2.24, 2.45) is 5.10 Å². The molecule has 0 unspecified atom stereocenters. The van der Waals surface area contributed by atoms with Gasteiger partial charge in [0.1, 0.15) is 11.3 Å². The zero-order valence-electron chi connectivity index (χ0n) is 18.3. The monoisotopic (exact) mass is 424 g/mol. The molecule has 3 amide bonds. The summed E-state index contributed by atoms with van der Waals surface area (Å²) in [6.45, 7) is 7.03. The van der Waals surface area contributed by atoms with Crippen LogP contribution in [0.2, 0.25) is 0 Å². The van der Waals surface area contributed by atoms with Crippen LogP contribution in [0.1, 0.15) is 30.5 Å². The average Bonchev–Trinajstić information content (AvgIpc) is 3.00. The number of aliphatic hydroxyl groups excluding tert-OH is 1. The topological polar surface area (TPSA) is 94.5 Å². The number of hydrogen-bond donors (Lipinski definition) is 2. The van der Waals surface area contributed by atoms with Gasteiger partial charge in [0.15, 0.2) is 0 Å². The highest BCUT2D eigenvalue weighted by atomic mass is 16.5. The first-order valence-electron chi connectivity index (χ1n) is 10.2. The molecule has 3 rings (SSSR count). The lowest BCUT2D eigenvalue weighted by atomic mass is 9.92. The number of benzene rings is 2. The van der Waals surface area contributed by atoms with Crippen LogP contribution >= 0.6 is 0 Å². The minimum atomic E-state index is -1.20. The maximum atomic E-state index is 13.0. The number of anilines is 1. The van der Waals surface area contributed by atoms with Crippen LogP contribution in [0, 0.1) is 6.92 Å². The van der Waals surface area contributed by atoms with Crippen molar-refractivity contribution in [1.29, 1.82) is 0 Å². The lowest BCUT2D eigenvalue weighted by Gasteiger charge is -2.22. The van der Waals surface area contributed by atoms with E-state index in [0.29, 0.717) is 17.9 Å². The highest BCUT2D eigenvalue weighted by Gasteiger charge is 2.49. The molecular weight excluding hydrogens is 396 g/mol. The number of hydrazone groups is 1. The van der Waals surface area contributed by atoms with Crippen molar-refractivity contribution in [2.75, 3.05) is 31.7 Å². The fourth-order valence-electron chi connectivity index (χ4n) is 3.56. The van der Waals surface area contributed by atoms with Crippen molar-refractivity contribution in [3.8, 4) is 5.75 Å². The first-order chi connectivity index (χ1) is 14.8. The van der Waals surface area contributed by atoms with Gasteiger partial charge in [0.05, 0.1) is 19.9 Å². The second-order valence-corrected chi connectivity index (χ2v) is 7.49. The van der Waals surface area contributed by atoms with Crippen molar-refractivity contribution in [3.63, 3.8) is 0 Å². The van der Waals surface area contributed by atoms with Crippen LogP contribution in [0.4, 0.5) is 10.5 Å². The Morgan fingerprint density at radius 1 is 1.23 bits per heavy atom. The van der Waals surface area contributed by atoms with Gasteiger partial charge in [0, 0.05) is 18.8 Å². The summed E-state index contributed by atoms with van der Waals surface area (Å²) in [5, 5.41) is 17.0. The molecule has 1 heterocycles. The Morgan fingerprint density at radius 2 is 1.94 bits per heavy atom. The first-order valence-corrected chi connectivity index (χ1v) is 10.2. The van der Waals surface area contributed by atoms with Crippen molar-refractivity contribution >= 4 is 23.8 Å². The Kier molecular flexibility index (Phi) is 6.60. The number of methoxy groups -OCH3 is 1. The van der Waals surface area contributed by atoms with E-state index in [1.54, 1.807) is 38.3 Å². The number of aryl methyl sites for hydroxylation is 1. The van der Waals surface area contributed by atoms with Crippen LogP contribution in [-0.2, 0) is 10.3 Å². The summed E-state index contributed by atoms with van der Waals surface area (Å²) < 4.78 is 5.15. The van der Waals surface area contributed by atoms with Gasteiger partial charge < -0.3 is 20.1 Å². The molecule has 0 aliphatic carbocycles. The van der Waals surface area contributed by atoms with Gasteiger partial charge in [-0.05, 0) is 61.7 Å². The number of amides is 3. The van der Waals surface area contributed by atoms with E-state index >= 15 is 0 Å². The van der Waals surface area contributed by atoms with E-state index in [9.17, 15) is 14.7 Å². The molecule has 8 nitrogen and oxygen atoms in total. The van der Waals surface area contributed by atoms with Crippen LogP contribution in [0.25, 0.3) is 0 Å². The fourth-order valence-corrected chi connectivity index (χ4v) is 3.56. The molecule has 2 N–H and O–H groups in total. The number of nitrogens with zero attached hydrogens (tertiary/aromatic N) is 3. The van der Waals surface area contributed by atoms with E-state index in [1.165, 1.54) is 6.21 Å². The summed E-state index contributed by atoms with van der Waals surface area (Å²) in [6.07, 6.45) is 1.51. The third kappa shape index (κ3) is 4.39. The normalized spacial score (nSPS) is 18.5. The third-order valence-electron chi connectivity index (χ3n) is 5.52. The molecule has 0 radical (unpaired) electrons. The summed E-state index contributed by atoms with van der Waals surface area (Å²) in [6, 6.07) is 12.2. The van der Waals surface area contributed by atoms with E-state index in [4.69, 9.17) is 4.74 Å². The molecule has 1 fully saturated rings. The van der Waals surface area contributed by atoms with Gasteiger partial charge in [-0.3, -0.25) is 4.79 Å². The van der Waals surface area contributed by atoms with Gasteiger partial charge in [-0.25, -0.2) is 4.79 Å². The minimum Gasteiger partial charge on any atom is -0.497 e. The Hall–Kier alpha value is -3.39. The van der Waals surface area contributed by atoms with E-state index in [2.05, 4.69) is 15.3 Å². The van der Waals surface area contributed by atoms with E-state index in [1.807, 2.05) is 32.0 Å². The molecule has 2 aromatic rings. The zero-order valence-corrected chi connectivity index (χ0v) is 18.3. The van der Waals surface area contributed by atoms with Gasteiger partial charge >= 0.3 is 6.03 Å². The van der Waals surface area contributed by atoms with E-state index in [0.717, 1.165) is 28.4 Å². The lowest BCUT2D eigenvalue weighted by Crippen LogP contribution is -2.40. The van der Waals surface area contributed by atoms with Gasteiger partial charge in [-0.1, -0.05) is 18.2 Å². The molecule has 0 spiro atoms.